The summed E-state index contributed by atoms with van der Waals surface area (Å²) >= 11 is 0. The lowest BCUT2D eigenvalue weighted by molar-refractivity contribution is -0.121. The standard InChI is InChI=1S/C27H32N2O3/c1-17-9-10-19(15-18(17)2)16-27(3)24(30)23(26(32)29-27)25(31)28-22-13-11-21(12-14-22)20-7-5-4-6-8-20/h9-15,20,30H,4-8,16H2,1-3H3,(H,28,31)(H,29,32). The molecule has 1 saturated carbocycles. The molecule has 2 amide bonds. The van der Waals surface area contributed by atoms with E-state index < -0.39 is 17.4 Å². The Kier molecular flexibility index (Phi) is 6.09. The molecule has 1 fully saturated rings. The Morgan fingerprint density at radius 1 is 1.06 bits per heavy atom. The van der Waals surface area contributed by atoms with Gasteiger partial charge in [-0.1, -0.05) is 49.6 Å². The molecule has 5 nitrogen and oxygen atoms in total. The lowest BCUT2D eigenvalue weighted by atomic mass is 9.84. The summed E-state index contributed by atoms with van der Waals surface area (Å²) in [6.45, 7) is 5.82. The number of nitrogens with one attached hydrogen (secondary N) is 2. The molecule has 0 bridgehead atoms. The first kappa shape index (κ1) is 22.1. The predicted octanol–water partition coefficient (Wildman–Crippen LogP) is 5.23. The zero-order valence-corrected chi connectivity index (χ0v) is 19.1. The van der Waals surface area contributed by atoms with Crippen molar-refractivity contribution >= 4 is 17.5 Å². The van der Waals surface area contributed by atoms with Crippen molar-refractivity contribution in [3.63, 3.8) is 0 Å². The molecule has 168 valence electrons. The van der Waals surface area contributed by atoms with Crippen molar-refractivity contribution in [2.24, 2.45) is 0 Å². The van der Waals surface area contributed by atoms with Crippen LogP contribution in [0.4, 0.5) is 5.69 Å². The molecule has 32 heavy (non-hydrogen) atoms. The predicted molar refractivity (Wildman–Crippen MR) is 127 cm³/mol. The number of benzene rings is 2. The van der Waals surface area contributed by atoms with Crippen LogP contribution in [0, 0.1) is 13.8 Å². The minimum Gasteiger partial charge on any atom is -0.509 e. The number of amides is 2. The van der Waals surface area contributed by atoms with E-state index in [0.717, 1.165) is 11.1 Å². The van der Waals surface area contributed by atoms with E-state index in [2.05, 4.69) is 22.8 Å². The number of hydrogen-bond acceptors (Lipinski definition) is 3. The molecule has 0 aromatic heterocycles. The average molecular weight is 433 g/mol. The first-order valence-corrected chi connectivity index (χ1v) is 11.5. The van der Waals surface area contributed by atoms with Crippen LogP contribution in [0.25, 0.3) is 0 Å². The second-order valence-corrected chi connectivity index (χ2v) is 9.52. The van der Waals surface area contributed by atoms with Gasteiger partial charge in [-0.25, -0.2) is 0 Å². The number of anilines is 1. The van der Waals surface area contributed by atoms with E-state index in [1.807, 2.05) is 44.2 Å². The van der Waals surface area contributed by atoms with Crippen molar-refractivity contribution in [3.8, 4) is 0 Å². The van der Waals surface area contributed by atoms with Crippen LogP contribution in [0.15, 0.2) is 53.8 Å². The topological polar surface area (TPSA) is 78.4 Å². The van der Waals surface area contributed by atoms with E-state index >= 15 is 0 Å². The number of aliphatic hydroxyl groups excluding tert-OH is 1. The summed E-state index contributed by atoms with van der Waals surface area (Å²) in [6, 6.07) is 13.9. The first-order valence-electron chi connectivity index (χ1n) is 11.5. The normalized spacial score (nSPS) is 21.5. The maximum absolute atomic E-state index is 12.9. The molecule has 4 rings (SSSR count). The molecule has 2 aliphatic rings. The zero-order valence-electron chi connectivity index (χ0n) is 19.1. The SMILES string of the molecule is Cc1ccc(CC2(C)NC(=O)C(C(=O)Nc3ccc(C4CCCCC4)cc3)=C2O)cc1C. The molecule has 2 aromatic carbocycles. The van der Waals surface area contributed by atoms with Gasteiger partial charge < -0.3 is 15.7 Å². The highest BCUT2D eigenvalue weighted by Gasteiger charge is 2.44. The fourth-order valence-corrected chi connectivity index (χ4v) is 4.88. The van der Waals surface area contributed by atoms with Crippen LogP contribution in [0.5, 0.6) is 0 Å². The van der Waals surface area contributed by atoms with E-state index in [1.165, 1.54) is 43.2 Å². The number of aryl methyl sites for hydroxylation is 2. The van der Waals surface area contributed by atoms with Gasteiger partial charge in [-0.05, 0) is 73.9 Å². The number of rotatable bonds is 5. The quantitative estimate of drug-likeness (QED) is 0.566. The van der Waals surface area contributed by atoms with E-state index in [1.54, 1.807) is 6.92 Å². The van der Waals surface area contributed by atoms with Crippen molar-refractivity contribution in [3.05, 3.63) is 76.1 Å². The minimum atomic E-state index is -1.02. The van der Waals surface area contributed by atoms with Crippen LogP contribution in [-0.2, 0) is 16.0 Å². The molecular weight excluding hydrogens is 400 g/mol. The molecule has 1 heterocycles. The van der Waals surface area contributed by atoms with Crippen LogP contribution in [-0.4, -0.2) is 22.5 Å². The molecular formula is C27H32N2O3. The second-order valence-electron chi connectivity index (χ2n) is 9.52. The third-order valence-electron chi connectivity index (χ3n) is 6.98. The molecule has 3 N–H and O–H groups in total. The smallest absolute Gasteiger partial charge is 0.264 e. The van der Waals surface area contributed by atoms with Gasteiger partial charge in [0.05, 0.1) is 5.54 Å². The van der Waals surface area contributed by atoms with Crippen LogP contribution < -0.4 is 10.6 Å². The van der Waals surface area contributed by atoms with Gasteiger partial charge in [-0.15, -0.1) is 0 Å². The molecule has 1 atom stereocenters. The Morgan fingerprint density at radius 3 is 2.41 bits per heavy atom. The van der Waals surface area contributed by atoms with E-state index in [4.69, 9.17) is 0 Å². The highest BCUT2D eigenvalue weighted by molar-refractivity contribution is 6.24. The van der Waals surface area contributed by atoms with Crippen LogP contribution in [0.1, 0.15) is 67.2 Å². The largest absolute Gasteiger partial charge is 0.509 e. The summed E-state index contributed by atoms with van der Waals surface area (Å²) in [5.41, 5.74) is 4.00. The Bertz CT molecular complexity index is 1060. The highest BCUT2D eigenvalue weighted by atomic mass is 16.3. The monoisotopic (exact) mass is 432 g/mol. The fourth-order valence-electron chi connectivity index (χ4n) is 4.88. The Hall–Kier alpha value is -3.08. The summed E-state index contributed by atoms with van der Waals surface area (Å²) in [6.07, 6.45) is 6.68. The third-order valence-corrected chi connectivity index (χ3v) is 6.98. The van der Waals surface area contributed by atoms with Crippen molar-refractivity contribution in [2.45, 2.75) is 70.8 Å². The van der Waals surface area contributed by atoms with Crippen molar-refractivity contribution in [1.29, 1.82) is 0 Å². The van der Waals surface area contributed by atoms with E-state index in [0.29, 0.717) is 18.0 Å². The number of hydrogen-bond donors (Lipinski definition) is 3. The van der Waals surface area contributed by atoms with Crippen LogP contribution >= 0.6 is 0 Å². The average Bonchev–Trinajstić information content (AvgIpc) is 2.99. The summed E-state index contributed by atoms with van der Waals surface area (Å²) in [5.74, 6) is -0.761. The molecule has 1 aliphatic heterocycles. The van der Waals surface area contributed by atoms with Crippen molar-refractivity contribution < 1.29 is 14.7 Å². The Balaban J connectivity index is 1.49. The van der Waals surface area contributed by atoms with Gasteiger partial charge in [0.1, 0.15) is 11.3 Å². The van der Waals surface area contributed by atoms with E-state index in [9.17, 15) is 14.7 Å². The molecule has 1 unspecified atom stereocenters. The highest BCUT2D eigenvalue weighted by Crippen LogP contribution is 2.33. The van der Waals surface area contributed by atoms with Gasteiger partial charge in [0.2, 0.25) is 0 Å². The van der Waals surface area contributed by atoms with Crippen LogP contribution in [0.3, 0.4) is 0 Å². The summed E-state index contributed by atoms with van der Waals surface area (Å²) in [5, 5.41) is 16.4. The summed E-state index contributed by atoms with van der Waals surface area (Å²) in [4.78, 5) is 25.5. The Labute approximate surface area is 189 Å². The van der Waals surface area contributed by atoms with Gasteiger partial charge in [0.25, 0.3) is 11.8 Å². The first-order chi connectivity index (χ1) is 15.3. The summed E-state index contributed by atoms with van der Waals surface area (Å²) in [7, 11) is 0. The molecule has 2 aromatic rings. The third kappa shape index (κ3) is 4.43. The van der Waals surface area contributed by atoms with Gasteiger partial charge in [-0.2, -0.15) is 0 Å². The van der Waals surface area contributed by atoms with Crippen molar-refractivity contribution in [1.82, 2.24) is 5.32 Å². The maximum Gasteiger partial charge on any atom is 0.264 e. The van der Waals surface area contributed by atoms with Crippen LogP contribution in [0.2, 0.25) is 0 Å². The maximum atomic E-state index is 12.9. The second kappa shape index (κ2) is 8.81. The van der Waals surface area contributed by atoms with Gasteiger partial charge in [0.15, 0.2) is 0 Å². The van der Waals surface area contributed by atoms with Crippen molar-refractivity contribution in [2.75, 3.05) is 5.32 Å². The number of carbonyl (C=O) groups excluding carboxylic acids is 2. The Morgan fingerprint density at radius 2 is 1.75 bits per heavy atom. The fraction of sp³-hybridized carbons (Fsp3) is 0.407. The van der Waals surface area contributed by atoms with Gasteiger partial charge >= 0.3 is 0 Å². The molecule has 1 aliphatic carbocycles. The van der Waals surface area contributed by atoms with Gasteiger partial charge in [0, 0.05) is 12.1 Å². The minimum absolute atomic E-state index is 0.211. The molecule has 5 heteroatoms. The van der Waals surface area contributed by atoms with Gasteiger partial charge in [-0.3, -0.25) is 9.59 Å². The summed E-state index contributed by atoms with van der Waals surface area (Å²) < 4.78 is 0. The molecule has 0 radical (unpaired) electrons. The number of aliphatic hydroxyl groups is 1. The zero-order chi connectivity index (χ0) is 22.9. The molecule has 0 spiro atoms. The molecule has 0 saturated heterocycles. The van der Waals surface area contributed by atoms with E-state index in [-0.39, 0.29) is 11.3 Å². The number of carbonyl (C=O) groups is 2. The lowest BCUT2D eigenvalue weighted by Gasteiger charge is -2.25. The lowest BCUT2D eigenvalue weighted by Crippen LogP contribution is -2.43.